The van der Waals surface area contributed by atoms with Gasteiger partial charge in [-0.2, -0.15) is 11.3 Å². The smallest absolute Gasteiger partial charge is 0.203 e. The molecule has 0 aliphatic rings. The SMILES string of the molecule is CNc1nc(C)cn1Cc1ccsc1. The van der Waals surface area contributed by atoms with Crippen molar-refractivity contribution in [3.05, 3.63) is 34.3 Å². The van der Waals surface area contributed by atoms with E-state index in [9.17, 15) is 0 Å². The van der Waals surface area contributed by atoms with Gasteiger partial charge in [-0.1, -0.05) is 0 Å². The molecule has 4 heteroatoms. The van der Waals surface area contributed by atoms with E-state index >= 15 is 0 Å². The van der Waals surface area contributed by atoms with Crippen molar-refractivity contribution >= 4 is 17.3 Å². The maximum Gasteiger partial charge on any atom is 0.203 e. The number of imidazole rings is 1. The number of anilines is 1. The highest BCUT2D eigenvalue weighted by Gasteiger charge is 2.03. The lowest BCUT2D eigenvalue weighted by molar-refractivity contribution is 0.807. The van der Waals surface area contributed by atoms with Gasteiger partial charge in [0.05, 0.1) is 12.2 Å². The van der Waals surface area contributed by atoms with E-state index in [-0.39, 0.29) is 0 Å². The van der Waals surface area contributed by atoms with E-state index in [4.69, 9.17) is 0 Å². The summed E-state index contributed by atoms with van der Waals surface area (Å²) in [6.07, 6.45) is 2.06. The van der Waals surface area contributed by atoms with E-state index in [0.717, 1.165) is 18.2 Å². The number of aryl methyl sites for hydroxylation is 1. The summed E-state index contributed by atoms with van der Waals surface area (Å²) in [5.74, 6) is 0.925. The largest absolute Gasteiger partial charge is 0.359 e. The van der Waals surface area contributed by atoms with Gasteiger partial charge in [0, 0.05) is 13.2 Å². The molecule has 0 spiro atoms. The van der Waals surface area contributed by atoms with Crippen molar-refractivity contribution in [3.63, 3.8) is 0 Å². The molecule has 2 aromatic rings. The van der Waals surface area contributed by atoms with Gasteiger partial charge < -0.3 is 9.88 Å². The average molecular weight is 207 g/mol. The number of nitrogens with zero attached hydrogens (tertiary/aromatic N) is 2. The van der Waals surface area contributed by atoms with E-state index < -0.39 is 0 Å². The van der Waals surface area contributed by atoms with Crippen LogP contribution in [-0.4, -0.2) is 16.6 Å². The minimum absolute atomic E-state index is 0.889. The maximum absolute atomic E-state index is 4.36. The second kappa shape index (κ2) is 3.84. The van der Waals surface area contributed by atoms with E-state index in [1.165, 1.54) is 5.56 Å². The first kappa shape index (κ1) is 9.27. The molecule has 0 amide bonds. The predicted octanol–water partition coefficient (Wildman–Crippen LogP) is 2.34. The Kier molecular flexibility index (Phi) is 2.54. The molecule has 2 heterocycles. The lowest BCUT2D eigenvalue weighted by Gasteiger charge is -2.04. The molecule has 0 fully saturated rings. The van der Waals surface area contributed by atoms with E-state index in [1.807, 2.05) is 14.0 Å². The van der Waals surface area contributed by atoms with Crippen molar-refractivity contribution in [3.8, 4) is 0 Å². The first-order chi connectivity index (χ1) is 6.79. The van der Waals surface area contributed by atoms with Gasteiger partial charge in [0.25, 0.3) is 0 Å². The normalized spacial score (nSPS) is 10.4. The van der Waals surface area contributed by atoms with Gasteiger partial charge in [0.15, 0.2) is 0 Å². The molecule has 0 saturated carbocycles. The summed E-state index contributed by atoms with van der Waals surface area (Å²) in [4.78, 5) is 4.36. The van der Waals surface area contributed by atoms with Crippen LogP contribution in [0.3, 0.4) is 0 Å². The van der Waals surface area contributed by atoms with Crippen LogP contribution >= 0.6 is 11.3 Å². The fourth-order valence-electron chi connectivity index (χ4n) is 1.45. The van der Waals surface area contributed by atoms with Gasteiger partial charge in [-0.15, -0.1) is 0 Å². The molecule has 14 heavy (non-hydrogen) atoms. The van der Waals surface area contributed by atoms with Gasteiger partial charge in [-0.05, 0) is 29.3 Å². The molecule has 0 unspecified atom stereocenters. The van der Waals surface area contributed by atoms with Crippen LogP contribution in [0.15, 0.2) is 23.0 Å². The Balaban J connectivity index is 2.23. The fraction of sp³-hybridized carbons (Fsp3) is 0.300. The minimum Gasteiger partial charge on any atom is -0.359 e. The van der Waals surface area contributed by atoms with Crippen LogP contribution in [0.5, 0.6) is 0 Å². The molecule has 0 atom stereocenters. The highest BCUT2D eigenvalue weighted by atomic mass is 32.1. The predicted molar refractivity (Wildman–Crippen MR) is 59.9 cm³/mol. The van der Waals surface area contributed by atoms with Crippen LogP contribution in [0, 0.1) is 6.92 Å². The summed E-state index contributed by atoms with van der Waals surface area (Å²) in [7, 11) is 1.89. The summed E-state index contributed by atoms with van der Waals surface area (Å²) in [6, 6.07) is 2.14. The Bertz CT molecular complexity index is 403. The lowest BCUT2D eigenvalue weighted by atomic mass is 10.3. The van der Waals surface area contributed by atoms with Crippen LogP contribution in [0.1, 0.15) is 11.3 Å². The summed E-state index contributed by atoms with van der Waals surface area (Å²) in [5, 5.41) is 7.34. The Morgan fingerprint density at radius 2 is 2.43 bits per heavy atom. The highest BCUT2D eigenvalue weighted by molar-refractivity contribution is 7.07. The number of thiophene rings is 1. The molecule has 0 radical (unpaired) electrons. The zero-order valence-corrected chi connectivity index (χ0v) is 9.14. The Hall–Kier alpha value is -1.29. The van der Waals surface area contributed by atoms with Crippen LogP contribution in [0.25, 0.3) is 0 Å². The molecule has 0 bridgehead atoms. The van der Waals surface area contributed by atoms with E-state index in [0.29, 0.717) is 0 Å². The number of hydrogen-bond donors (Lipinski definition) is 1. The molecular weight excluding hydrogens is 194 g/mol. The third-order valence-electron chi connectivity index (χ3n) is 2.05. The van der Waals surface area contributed by atoms with Crippen molar-refractivity contribution in [2.45, 2.75) is 13.5 Å². The Labute approximate surface area is 87.4 Å². The van der Waals surface area contributed by atoms with E-state index in [1.54, 1.807) is 11.3 Å². The molecule has 2 rings (SSSR count). The molecule has 0 saturated heterocycles. The van der Waals surface area contributed by atoms with Crippen molar-refractivity contribution < 1.29 is 0 Å². The van der Waals surface area contributed by atoms with Gasteiger partial charge in [0.2, 0.25) is 5.95 Å². The van der Waals surface area contributed by atoms with Crippen LogP contribution in [0.4, 0.5) is 5.95 Å². The first-order valence-electron chi connectivity index (χ1n) is 4.52. The second-order valence-corrected chi connectivity index (χ2v) is 4.00. The Morgan fingerprint density at radius 1 is 1.57 bits per heavy atom. The molecule has 0 aliphatic carbocycles. The van der Waals surface area contributed by atoms with Crippen molar-refractivity contribution in [1.29, 1.82) is 0 Å². The zero-order valence-electron chi connectivity index (χ0n) is 8.32. The third-order valence-corrected chi connectivity index (χ3v) is 2.79. The van der Waals surface area contributed by atoms with Gasteiger partial charge in [-0.3, -0.25) is 0 Å². The number of nitrogens with one attached hydrogen (secondary N) is 1. The zero-order chi connectivity index (χ0) is 9.97. The molecule has 1 N–H and O–H groups in total. The number of aromatic nitrogens is 2. The molecular formula is C10H13N3S. The van der Waals surface area contributed by atoms with Crippen LogP contribution < -0.4 is 5.32 Å². The van der Waals surface area contributed by atoms with Crippen molar-refractivity contribution in [2.24, 2.45) is 0 Å². The van der Waals surface area contributed by atoms with Gasteiger partial charge in [0.1, 0.15) is 0 Å². The molecule has 0 aliphatic heterocycles. The molecule has 3 nitrogen and oxygen atoms in total. The van der Waals surface area contributed by atoms with Crippen LogP contribution in [0.2, 0.25) is 0 Å². The van der Waals surface area contributed by atoms with Crippen molar-refractivity contribution in [2.75, 3.05) is 12.4 Å². The third kappa shape index (κ3) is 1.80. The standard InChI is InChI=1S/C10H13N3S/c1-8-5-13(10(11-2)12-8)6-9-3-4-14-7-9/h3-5,7H,6H2,1-2H3,(H,11,12). The Morgan fingerprint density at radius 3 is 3.07 bits per heavy atom. The minimum atomic E-state index is 0.889. The lowest BCUT2D eigenvalue weighted by Crippen LogP contribution is -2.03. The quantitative estimate of drug-likeness (QED) is 0.837. The topological polar surface area (TPSA) is 29.9 Å². The second-order valence-electron chi connectivity index (χ2n) is 3.22. The average Bonchev–Trinajstić information content (AvgIpc) is 2.76. The highest BCUT2D eigenvalue weighted by Crippen LogP contribution is 2.13. The van der Waals surface area contributed by atoms with Gasteiger partial charge >= 0.3 is 0 Å². The molecule has 2 aromatic heterocycles. The van der Waals surface area contributed by atoms with Crippen LogP contribution in [-0.2, 0) is 6.54 Å². The molecule has 0 aromatic carbocycles. The first-order valence-corrected chi connectivity index (χ1v) is 5.46. The number of hydrogen-bond acceptors (Lipinski definition) is 3. The number of rotatable bonds is 3. The summed E-state index contributed by atoms with van der Waals surface area (Å²) < 4.78 is 2.12. The maximum atomic E-state index is 4.36. The fourth-order valence-corrected chi connectivity index (χ4v) is 2.11. The molecule has 74 valence electrons. The summed E-state index contributed by atoms with van der Waals surface area (Å²) in [6.45, 7) is 2.89. The summed E-state index contributed by atoms with van der Waals surface area (Å²) in [5.41, 5.74) is 2.37. The van der Waals surface area contributed by atoms with Gasteiger partial charge in [-0.25, -0.2) is 4.98 Å². The monoisotopic (exact) mass is 207 g/mol. The van der Waals surface area contributed by atoms with E-state index in [2.05, 4.69) is 37.9 Å². The van der Waals surface area contributed by atoms with Crippen molar-refractivity contribution in [1.82, 2.24) is 9.55 Å². The summed E-state index contributed by atoms with van der Waals surface area (Å²) >= 11 is 1.72.